The molecule has 0 fully saturated rings. The van der Waals surface area contributed by atoms with Gasteiger partial charge >= 0.3 is 5.97 Å². The number of hydrogen-bond acceptors (Lipinski definition) is 6. The minimum Gasteiger partial charge on any atom is -0.497 e. The summed E-state index contributed by atoms with van der Waals surface area (Å²) in [7, 11) is -1.03. The maximum absolute atomic E-state index is 13.0. The van der Waals surface area contributed by atoms with E-state index < -0.39 is 27.9 Å². The van der Waals surface area contributed by atoms with E-state index in [1.807, 2.05) is 0 Å². The van der Waals surface area contributed by atoms with Crippen LogP contribution in [0.1, 0.15) is 23.7 Å². The lowest BCUT2D eigenvalue weighted by atomic mass is 10.1. The Balaban J connectivity index is 2.40. The number of amides is 1. The van der Waals surface area contributed by atoms with Gasteiger partial charge in [-0.25, -0.2) is 13.2 Å². The summed E-state index contributed by atoms with van der Waals surface area (Å²) in [6.45, 7) is 1.71. The fourth-order valence-corrected chi connectivity index (χ4v) is 4.10. The highest BCUT2D eigenvalue weighted by Gasteiger charge is 2.32. The van der Waals surface area contributed by atoms with Crippen molar-refractivity contribution < 1.29 is 27.5 Å². The molecule has 0 spiro atoms. The number of nitrogens with zero attached hydrogens (tertiary/aromatic N) is 1. The van der Waals surface area contributed by atoms with Gasteiger partial charge in [-0.15, -0.1) is 0 Å². The molecule has 2 aromatic rings. The molecule has 1 atom stereocenters. The lowest BCUT2D eigenvalue weighted by Gasteiger charge is -2.30. The molecule has 1 amide bonds. The summed E-state index contributed by atoms with van der Waals surface area (Å²) in [5, 5.41) is 2.65. The van der Waals surface area contributed by atoms with Gasteiger partial charge in [-0.1, -0.05) is 19.1 Å². The van der Waals surface area contributed by atoms with E-state index in [1.165, 1.54) is 20.3 Å². The van der Waals surface area contributed by atoms with Gasteiger partial charge in [0.2, 0.25) is 15.9 Å². The Hall–Kier alpha value is -3.07. The van der Waals surface area contributed by atoms with Crippen molar-refractivity contribution >= 4 is 33.3 Å². The molecule has 0 unspecified atom stereocenters. The number of benzene rings is 2. The van der Waals surface area contributed by atoms with Crippen molar-refractivity contribution in [1.29, 1.82) is 0 Å². The van der Waals surface area contributed by atoms with E-state index in [4.69, 9.17) is 9.47 Å². The van der Waals surface area contributed by atoms with E-state index in [0.29, 0.717) is 11.4 Å². The monoisotopic (exact) mass is 420 g/mol. The lowest BCUT2D eigenvalue weighted by molar-refractivity contribution is -0.117. The normalized spacial score (nSPS) is 12.0. The number of ether oxygens (including phenoxy) is 2. The molecule has 1 N–H and O–H groups in total. The molecule has 29 heavy (non-hydrogen) atoms. The van der Waals surface area contributed by atoms with Crippen molar-refractivity contribution in [1.82, 2.24) is 0 Å². The highest BCUT2D eigenvalue weighted by atomic mass is 32.2. The Morgan fingerprint density at radius 2 is 1.69 bits per heavy atom. The Bertz CT molecular complexity index is 973. The van der Waals surface area contributed by atoms with Crippen LogP contribution in [0.15, 0.2) is 48.5 Å². The van der Waals surface area contributed by atoms with Gasteiger partial charge in [0.25, 0.3) is 0 Å². The fraction of sp³-hybridized carbons (Fsp3) is 0.300. The van der Waals surface area contributed by atoms with Crippen molar-refractivity contribution in [3.05, 3.63) is 54.1 Å². The third kappa shape index (κ3) is 5.26. The number of hydrogen-bond donors (Lipinski definition) is 1. The third-order valence-electron chi connectivity index (χ3n) is 4.25. The van der Waals surface area contributed by atoms with Crippen molar-refractivity contribution in [2.24, 2.45) is 0 Å². The van der Waals surface area contributed by atoms with E-state index in [1.54, 1.807) is 49.4 Å². The maximum atomic E-state index is 13.0. The lowest BCUT2D eigenvalue weighted by Crippen LogP contribution is -2.47. The van der Waals surface area contributed by atoms with Gasteiger partial charge in [0.05, 0.1) is 37.4 Å². The van der Waals surface area contributed by atoms with Gasteiger partial charge in [-0.05, 0) is 42.8 Å². The molecule has 0 saturated heterocycles. The molecular weight excluding hydrogens is 396 g/mol. The van der Waals surface area contributed by atoms with Crippen LogP contribution in [-0.2, 0) is 19.6 Å². The Morgan fingerprint density at radius 1 is 1.07 bits per heavy atom. The summed E-state index contributed by atoms with van der Waals surface area (Å²) >= 11 is 0. The molecule has 9 heteroatoms. The number of sulfonamides is 1. The van der Waals surface area contributed by atoms with Crippen LogP contribution in [0.2, 0.25) is 0 Å². The second-order valence-electron chi connectivity index (χ2n) is 6.21. The first-order valence-electron chi connectivity index (χ1n) is 8.84. The molecule has 0 aromatic heterocycles. The quantitative estimate of drug-likeness (QED) is 0.659. The third-order valence-corrected chi connectivity index (χ3v) is 5.43. The zero-order chi connectivity index (χ0) is 21.6. The highest BCUT2D eigenvalue weighted by molar-refractivity contribution is 7.92. The van der Waals surface area contributed by atoms with Crippen LogP contribution in [0.3, 0.4) is 0 Å². The summed E-state index contributed by atoms with van der Waals surface area (Å²) < 4.78 is 35.9. The molecule has 0 heterocycles. The van der Waals surface area contributed by atoms with Crippen LogP contribution in [0, 0.1) is 0 Å². The zero-order valence-corrected chi connectivity index (χ0v) is 17.5. The van der Waals surface area contributed by atoms with Crippen LogP contribution in [-0.4, -0.2) is 46.8 Å². The second kappa shape index (κ2) is 9.42. The number of rotatable bonds is 8. The predicted octanol–water partition coefficient (Wildman–Crippen LogP) is 2.67. The average Bonchev–Trinajstić information content (AvgIpc) is 2.70. The number of methoxy groups -OCH3 is 2. The summed E-state index contributed by atoms with van der Waals surface area (Å²) in [5.74, 6) is -0.610. The van der Waals surface area contributed by atoms with Crippen LogP contribution < -0.4 is 14.4 Å². The van der Waals surface area contributed by atoms with Crippen LogP contribution in [0.25, 0.3) is 0 Å². The van der Waals surface area contributed by atoms with E-state index in [0.717, 1.165) is 10.6 Å². The predicted molar refractivity (Wildman–Crippen MR) is 111 cm³/mol. The topological polar surface area (TPSA) is 102 Å². The van der Waals surface area contributed by atoms with Crippen LogP contribution in [0.4, 0.5) is 11.4 Å². The first-order chi connectivity index (χ1) is 13.7. The first-order valence-corrected chi connectivity index (χ1v) is 10.7. The minimum atomic E-state index is -3.78. The Labute approximate surface area is 170 Å². The molecule has 2 rings (SSSR count). The van der Waals surface area contributed by atoms with E-state index in [9.17, 15) is 18.0 Å². The molecule has 0 aliphatic carbocycles. The van der Waals surface area contributed by atoms with Gasteiger partial charge in [0, 0.05) is 0 Å². The number of esters is 1. The molecule has 0 bridgehead atoms. The Morgan fingerprint density at radius 3 is 2.21 bits per heavy atom. The summed E-state index contributed by atoms with van der Waals surface area (Å²) in [6.07, 6.45) is 1.25. The first kappa shape index (κ1) is 22.2. The average molecular weight is 420 g/mol. The van der Waals surface area contributed by atoms with E-state index in [-0.39, 0.29) is 17.7 Å². The summed E-state index contributed by atoms with van der Waals surface area (Å²) in [4.78, 5) is 24.9. The highest BCUT2D eigenvalue weighted by Crippen LogP contribution is 2.26. The molecule has 2 aromatic carbocycles. The Kier molecular flexibility index (Phi) is 7.22. The largest absolute Gasteiger partial charge is 0.497 e. The molecule has 0 radical (unpaired) electrons. The molecule has 156 valence electrons. The van der Waals surface area contributed by atoms with E-state index >= 15 is 0 Å². The standard InChI is InChI=1S/C20H24N2O6S/c1-5-18(19(23)21-17-9-7-6-8-16(17)20(24)28-3)22(29(4,25)26)14-10-12-15(27-2)13-11-14/h6-13,18H,5H2,1-4H3,(H,21,23)/t18-/m1/s1. The number of carbonyl (C=O) groups excluding carboxylic acids is 2. The summed E-state index contributed by atoms with van der Waals surface area (Å²) in [6, 6.07) is 11.7. The van der Waals surface area contributed by atoms with Crippen molar-refractivity contribution in [3.63, 3.8) is 0 Å². The number of carbonyl (C=O) groups is 2. The molecular formula is C20H24N2O6S. The zero-order valence-electron chi connectivity index (χ0n) is 16.7. The smallest absolute Gasteiger partial charge is 0.339 e. The van der Waals surface area contributed by atoms with E-state index in [2.05, 4.69) is 5.32 Å². The van der Waals surface area contributed by atoms with Gasteiger partial charge in [0.1, 0.15) is 11.8 Å². The van der Waals surface area contributed by atoms with Gasteiger partial charge < -0.3 is 14.8 Å². The van der Waals surface area contributed by atoms with Crippen molar-refractivity contribution in [3.8, 4) is 5.75 Å². The SMILES string of the molecule is CC[C@H](C(=O)Nc1ccccc1C(=O)OC)N(c1ccc(OC)cc1)S(C)(=O)=O. The fourth-order valence-electron chi connectivity index (χ4n) is 2.89. The number of para-hydroxylation sites is 1. The second-order valence-corrected chi connectivity index (χ2v) is 8.07. The van der Waals surface area contributed by atoms with Crippen molar-refractivity contribution in [2.45, 2.75) is 19.4 Å². The number of anilines is 2. The molecule has 0 aliphatic rings. The van der Waals surface area contributed by atoms with Gasteiger partial charge in [0.15, 0.2) is 0 Å². The summed E-state index contributed by atoms with van der Waals surface area (Å²) in [5.41, 5.74) is 0.746. The van der Waals surface area contributed by atoms with Gasteiger partial charge in [-0.3, -0.25) is 9.10 Å². The maximum Gasteiger partial charge on any atom is 0.339 e. The number of nitrogens with one attached hydrogen (secondary N) is 1. The molecule has 0 saturated carbocycles. The van der Waals surface area contributed by atoms with Crippen molar-refractivity contribution in [2.75, 3.05) is 30.1 Å². The van der Waals surface area contributed by atoms with Crippen LogP contribution in [0.5, 0.6) is 5.75 Å². The minimum absolute atomic E-state index is 0.175. The molecule has 8 nitrogen and oxygen atoms in total. The molecule has 0 aliphatic heterocycles. The van der Waals surface area contributed by atoms with Gasteiger partial charge in [-0.2, -0.15) is 0 Å². The van der Waals surface area contributed by atoms with Crippen LogP contribution >= 0.6 is 0 Å².